The Hall–Kier alpha value is -3.93. The van der Waals surface area contributed by atoms with Crippen molar-refractivity contribution in [2.24, 2.45) is 5.92 Å². The number of carbonyl (C=O) groups excluding carboxylic acids is 1. The molecule has 0 bridgehead atoms. The number of allylic oxidation sites excluding steroid dienone is 4. The summed E-state index contributed by atoms with van der Waals surface area (Å²) in [6, 6.07) is 7.42. The molecule has 2 N–H and O–H groups in total. The molecule has 5 rings (SSSR count). The van der Waals surface area contributed by atoms with Gasteiger partial charge in [-0.05, 0) is 24.1 Å². The number of ether oxygens (including phenoxy) is 4. The average molecular weight is 655 g/mol. The number of aryl methyl sites for hydroxylation is 1. The summed E-state index contributed by atoms with van der Waals surface area (Å²) >= 11 is 0. The number of anilines is 1. The summed E-state index contributed by atoms with van der Waals surface area (Å²) in [6.07, 6.45) is 1.57. The van der Waals surface area contributed by atoms with Crippen LogP contribution in [0.5, 0.6) is 11.5 Å². The van der Waals surface area contributed by atoms with Crippen LogP contribution in [0, 0.1) is 5.92 Å². The second-order valence-corrected chi connectivity index (χ2v) is 11.8. The van der Waals surface area contributed by atoms with Gasteiger partial charge in [0.05, 0.1) is 36.5 Å². The maximum Gasteiger partial charge on any atom is 0.418 e. The van der Waals surface area contributed by atoms with E-state index in [2.05, 4.69) is 4.84 Å². The zero-order valence-corrected chi connectivity index (χ0v) is 24.6. The van der Waals surface area contributed by atoms with E-state index in [9.17, 15) is 26.4 Å². The Kier molecular flexibility index (Phi) is 9.52. The quantitative estimate of drug-likeness (QED) is 0.204. The van der Waals surface area contributed by atoms with Gasteiger partial charge >= 0.3 is 12.1 Å². The Morgan fingerprint density at radius 3 is 2.47 bits per heavy atom. The number of sulfonamides is 1. The van der Waals surface area contributed by atoms with Gasteiger partial charge in [0.25, 0.3) is 0 Å². The number of benzene rings is 2. The third-order valence-electron chi connectivity index (χ3n) is 7.26. The second-order valence-electron chi connectivity index (χ2n) is 9.87. The number of hydrogen-bond donors (Lipinski definition) is 2. The van der Waals surface area contributed by atoms with Gasteiger partial charge < -0.3 is 18.9 Å². The molecule has 1 aliphatic carbocycles. The lowest BCUT2D eigenvalue weighted by Gasteiger charge is -2.41. The Bertz CT molecular complexity index is 1640. The Labute approximate surface area is 256 Å². The van der Waals surface area contributed by atoms with E-state index >= 15 is 0 Å². The first kappa shape index (κ1) is 32.5. The number of alkyl halides is 3. The highest BCUT2D eigenvalue weighted by Crippen LogP contribution is 2.52. The van der Waals surface area contributed by atoms with Crippen LogP contribution in [-0.2, 0) is 41.7 Å². The third-order valence-corrected chi connectivity index (χ3v) is 9.29. The Morgan fingerprint density at radius 1 is 1.02 bits per heavy atom. The molecule has 2 unspecified atom stereocenters. The normalized spacial score (nSPS) is 20.1. The first-order valence-corrected chi connectivity index (χ1v) is 15.2. The predicted octanol–water partition coefficient (Wildman–Crippen LogP) is 4.24. The molecule has 2 aromatic carbocycles. The monoisotopic (exact) mass is 654 g/mol. The van der Waals surface area contributed by atoms with E-state index in [-0.39, 0.29) is 43.5 Å². The van der Waals surface area contributed by atoms with Crippen molar-refractivity contribution in [3.05, 3.63) is 83.1 Å². The molecule has 0 saturated carbocycles. The van der Waals surface area contributed by atoms with Gasteiger partial charge in [-0.25, -0.2) is 22.4 Å². The van der Waals surface area contributed by atoms with Crippen LogP contribution >= 0.6 is 0 Å². The minimum absolute atomic E-state index is 0.0714. The lowest BCUT2D eigenvalue weighted by atomic mass is 9.84. The molecular formula is C29H29F3N2O10S. The fraction of sp³-hybridized carbons (Fsp3) is 0.345. The lowest BCUT2D eigenvalue weighted by molar-refractivity contribution is -0.493. The van der Waals surface area contributed by atoms with Crippen molar-refractivity contribution in [1.82, 2.24) is 5.39 Å². The summed E-state index contributed by atoms with van der Waals surface area (Å²) in [5.41, 5.74) is -1.58. The van der Waals surface area contributed by atoms with Crippen molar-refractivity contribution in [2.45, 2.75) is 24.8 Å². The Balaban J connectivity index is 1.69. The van der Waals surface area contributed by atoms with Crippen LogP contribution in [0.1, 0.15) is 23.6 Å². The smallest absolute Gasteiger partial charge is 0.418 e. The number of para-hydroxylation sites is 1. The van der Waals surface area contributed by atoms with Crippen molar-refractivity contribution >= 4 is 27.3 Å². The second kappa shape index (κ2) is 13.2. The molecule has 0 radical (unpaired) electrons. The van der Waals surface area contributed by atoms with Crippen LogP contribution in [0.25, 0.3) is 5.57 Å². The van der Waals surface area contributed by atoms with Gasteiger partial charge in [0.2, 0.25) is 16.8 Å². The molecule has 16 heteroatoms. The van der Waals surface area contributed by atoms with Gasteiger partial charge in [-0.2, -0.15) is 13.2 Å². The molecule has 0 spiro atoms. The highest BCUT2D eigenvalue weighted by molar-refractivity contribution is 7.94. The predicted molar refractivity (Wildman–Crippen MR) is 150 cm³/mol. The van der Waals surface area contributed by atoms with E-state index in [0.717, 1.165) is 23.8 Å². The molecule has 0 saturated heterocycles. The van der Waals surface area contributed by atoms with E-state index in [0.29, 0.717) is 16.5 Å². The van der Waals surface area contributed by atoms with E-state index in [1.54, 1.807) is 24.3 Å². The van der Waals surface area contributed by atoms with Gasteiger partial charge in [-0.1, -0.05) is 55.5 Å². The van der Waals surface area contributed by atoms with Crippen molar-refractivity contribution in [2.75, 3.05) is 37.5 Å². The number of fused-ring (bicyclic) bond motifs is 2. The summed E-state index contributed by atoms with van der Waals surface area (Å²) in [5, 5.41) is 15.3. The standard InChI is InChI=1S/C29H29F3N2O10S/c1-2-18-11-12-20(27-26(18)42-17-43-27)24-19-7-3-6-10-23(19)45(38,39)33(22-9-5-4-8-21(22)29(30,31)32)25(24)28(35)41-15-13-40-14-16-44-34(36)37/h3-12,19,23,36-37H,2,13-17H2,1H3. The zero-order valence-electron chi connectivity index (χ0n) is 23.8. The van der Waals surface area contributed by atoms with Crippen LogP contribution in [0.3, 0.4) is 0 Å². The fourth-order valence-electron chi connectivity index (χ4n) is 5.38. The third kappa shape index (κ3) is 6.43. The van der Waals surface area contributed by atoms with Crippen LogP contribution in [-0.4, -0.2) is 68.7 Å². The summed E-state index contributed by atoms with van der Waals surface area (Å²) < 4.78 is 94.0. The topological polar surface area (TPSA) is 144 Å². The van der Waals surface area contributed by atoms with Crippen LogP contribution in [0.2, 0.25) is 0 Å². The molecule has 242 valence electrons. The molecule has 0 aromatic heterocycles. The van der Waals surface area contributed by atoms with E-state index in [1.807, 2.05) is 6.92 Å². The molecule has 2 aromatic rings. The number of carbonyl (C=O) groups is 1. The molecule has 2 aliphatic heterocycles. The van der Waals surface area contributed by atoms with Gasteiger partial charge in [0.1, 0.15) is 17.6 Å². The van der Waals surface area contributed by atoms with E-state index in [1.165, 1.54) is 18.2 Å². The summed E-state index contributed by atoms with van der Waals surface area (Å²) in [7, 11) is -4.71. The molecule has 2 atom stereocenters. The highest BCUT2D eigenvalue weighted by atomic mass is 32.2. The van der Waals surface area contributed by atoms with Gasteiger partial charge in [0, 0.05) is 17.1 Å². The number of rotatable bonds is 11. The molecule has 0 amide bonds. The maximum absolute atomic E-state index is 14.3. The number of hydrogen-bond acceptors (Lipinski definition) is 11. The van der Waals surface area contributed by atoms with Crippen LogP contribution < -0.4 is 13.8 Å². The summed E-state index contributed by atoms with van der Waals surface area (Å²) in [6.45, 7) is 0.678. The molecule has 12 nitrogen and oxygen atoms in total. The van der Waals surface area contributed by atoms with Gasteiger partial charge in [-0.3, -0.25) is 10.4 Å². The zero-order chi connectivity index (χ0) is 32.4. The first-order valence-electron chi connectivity index (χ1n) is 13.7. The minimum Gasteiger partial charge on any atom is -0.459 e. The fourth-order valence-corrected chi connectivity index (χ4v) is 7.37. The lowest BCUT2D eigenvalue weighted by Crippen LogP contribution is -2.49. The van der Waals surface area contributed by atoms with E-state index < -0.39 is 62.3 Å². The van der Waals surface area contributed by atoms with Crippen molar-refractivity contribution in [3.63, 3.8) is 0 Å². The number of halogens is 3. The first-order chi connectivity index (χ1) is 21.5. The van der Waals surface area contributed by atoms with Gasteiger partial charge in [0.15, 0.2) is 11.5 Å². The Morgan fingerprint density at radius 2 is 1.73 bits per heavy atom. The molecular weight excluding hydrogens is 625 g/mol. The summed E-state index contributed by atoms with van der Waals surface area (Å²) in [5.74, 6) is -1.62. The summed E-state index contributed by atoms with van der Waals surface area (Å²) in [4.78, 5) is 18.3. The molecule has 0 fully saturated rings. The largest absolute Gasteiger partial charge is 0.459 e. The number of nitrogens with zero attached hydrogens (tertiary/aromatic N) is 2. The maximum atomic E-state index is 14.3. The average Bonchev–Trinajstić information content (AvgIpc) is 3.50. The molecule has 45 heavy (non-hydrogen) atoms. The van der Waals surface area contributed by atoms with Crippen LogP contribution in [0.15, 0.2) is 66.4 Å². The SMILES string of the molecule is CCc1ccc(C2=C(C(=O)OCCOCCON(O)O)N(c3ccccc3C(F)(F)F)S(=O)(=O)C3C=CC=CC23)c2c1OCO2. The van der Waals surface area contributed by atoms with Crippen molar-refractivity contribution in [1.29, 1.82) is 0 Å². The van der Waals surface area contributed by atoms with Crippen LogP contribution in [0.4, 0.5) is 18.9 Å². The van der Waals surface area contributed by atoms with Crippen molar-refractivity contribution < 1.29 is 60.6 Å². The van der Waals surface area contributed by atoms with E-state index in [4.69, 9.17) is 29.4 Å². The van der Waals surface area contributed by atoms with Gasteiger partial charge in [-0.15, -0.1) is 0 Å². The van der Waals surface area contributed by atoms with Crippen molar-refractivity contribution in [3.8, 4) is 11.5 Å². The minimum atomic E-state index is -4.98. The molecule has 2 heterocycles. The number of esters is 1. The molecule has 3 aliphatic rings. The highest BCUT2D eigenvalue weighted by Gasteiger charge is 2.51.